The molecule has 0 bridgehead atoms. The number of carbonyl (C=O) groups is 1. The summed E-state index contributed by atoms with van der Waals surface area (Å²) in [4.78, 5) is 14.9. The number of aromatic nitrogens is 1. The molecule has 0 aliphatic carbocycles. The normalized spacial score (nSPS) is 10.3. The molecule has 1 aromatic heterocycles. The number of ether oxygens (including phenoxy) is 1. The van der Waals surface area contributed by atoms with Gasteiger partial charge in [0, 0.05) is 27.4 Å². The van der Waals surface area contributed by atoms with Crippen LogP contribution in [0.25, 0.3) is 0 Å². The zero-order valence-corrected chi connectivity index (χ0v) is 19.3. The number of nitrogens with zero attached hydrogens (tertiary/aromatic N) is 1. The number of carboxylic acids is 1. The number of aromatic carboxylic acids is 1. The number of carboxylic acid groups (broad SMARTS) is 1. The third kappa shape index (κ3) is 6.01. The van der Waals surface area contributed by atoms with Crippen LogP contribution < -0.4 is 39.4 Å². The van der Waals surface area contributed by atoms with Gasteiger partial charge in [-0.2, -0.15) is 0 Å². The van der Waals surface area contributed by atoms with Gasteiger partial charge in [-0.15, -0.1) is 11.3 Å². The third-order valence-corrected chi connectivity index (χ3v) is 5.22. The first kappa shape index (κ1) is 22.3. The van der Waals surface area contributed by atoms with Crippen molar-refractivity contribution >= 4 is 44.8 Å². The first-order chi connectivity index (χ1) is 12.4. The molecule has 2 aromatic carbocycles. The Hall–Kier alpha value is -0.960. The van der Waals surface area contributed by atoms with Crippen LogP contribution >= 0.6 is 38.9 Å². The van der Waals surface area contributed by atoms with Gasteiger partial charge in [0.2, 0.25) is 0 Å². The minimum Gasteiger partial charge on any atom is -0.543 e. The van der Waals surface area contributed by atoms with Gasteiger partial charge in [-0.1, -0.05) is 33.6 Å². The number of hydrogen-bond donors (Lipinski definition) is 0. The van der Waals surface area contributed by atoms with Crippen LogP contribution in [0.3, 0.4) is 0 Å². The van der Waals surface area contributed by atoms with Crippen LogP contribution in [0.15, 0.2) is 46.3 Å². The summed E-state index contributed by atoms with van der Waals surface area (Å²) in [5, 5.41) is 13.2. The quantitative estimate of drug-likeness (QED) is 0.500. The maximum atomic E-state index is 13.1. The summed E-state index contributed by atoms with van der Waals surface area (Å²) in [6, 6.07) is 9.64. The molecule has 0 saturated carbocycles. The molecular weight excluding hydrogens is 468 g/mol. The topological polar surface area (TPSA) is 62.2 Å². The Labute approximate surface area is 194 Å². The number of carbonyl (C=O) groups excluding carboxylic acids is 1. The molecule has 0 atom stereocenters. The van der Waals surface area contributed by atoms with Crippen molar-refractivity contribution in [2.75, 3.05) is 0 Å². The van der Waals surface area contributed by atoms with Crippen LogP contribution in [0.4, 0.5) is 4.39 Å². The van der Waals surface area contributed by atoms with Crippen LogP contribution in [-0.4, -0.2) is 11.0 Å². The average Bonchev–Trinajstić information content (AvgIpc) is 3.04. The first-order valence-corrected chi connectivity index (χ1v) is 9.48. The molecule has 0 unspecified atom stereocenters. The molecule has 0 fully saturated rings. The zero-order chi connectivity index (χ0) is 18.7. The van der Waals surface area contributed by atoms with Crippen LogP contribution in [-0.2, 0) is 13.0 Å². The van der Waals surface area contributed by atoms with E-state index in [1.807, 2.05) is 12.1 Å². The minimum atomic E-state index is -1.30. The number of rotatable bonds is 6. The van der Waals surface area contributed by atoms with Crippen molar-refractivity contribution in [3.8, 4) is 5.75 Å². The van der Waals surface area contributed by atoms with E-state index < -0.39 is 11.8 Å². The Bertz CT molecular complexity index is 970. The molecule has 0 N–H and O–H groups in total. The van der Waals surface area contributed by atoms with Crippen LogP contribution in [0.2, 0.25) is 5.02 Å². The monoisotopic (exact) mass is 477 g/mol. The molecule has 0 saturated heterocycles. The maximum Gasteiger partial charge on any atom is 1.00 e. The Balaban J connectivity index is 0.00000261. The van der Waals surface area contributed by atoms with Crippen molar-refractivity contribution in [1.82, 2.24) is 4.98 Å². The minimum absolute atomic E-state index is 0. The molecule has 0 spiro atoms. The molecule has 4 nitrogen and oxygen atoms in total. The molecule has 3 rings (SSSR count). The molecule has 0 radical (unpaired) electrons. The number of halogens is 3. The van der Waals surface area contributed by atoms with Gasteiger partial charge in [-0.25, -0.2) is 9.37 Å². The van der Waals surface area contributed by atoms with Crippen molar-refractivity contribution < 1.29 is 48.6 Å². The van der Waals surface area contributed by atoms with Crippen LogP contribution in [0.5, 0.6) is 5.75 Å². The van der Waals surface area contributed by atoms with E-state index in [0.717, 1.165) is 10.0 Å². The van der Waals surface area contributed by atoms with Crippen LogP contribution in [0, 0.1) is 5.82 Å². The van der Waals surface area contributed by atoms with E-state index in [1.54, 1.807) is 12.1 Å². The van der Waals surface area contributed by atoms with Gasteiger partial charge in [0.15, 0.2) is 0 Å². The Kier molecular flexibility index (Phi) is 8.27. The smallest absolute Gasteiger partial charge is 0.543 e. The second kappa shape index (κ2) is 10.0. The Morgan fingerprint density at radius 2 is 2.04 bits per heavy atom. The fourth-order valence-corrected chi connectivity index (χ4v) is 3.69. The van der Waals surface area contributed by atoms with E-state index in [-0.39, 0.29) is 41.9 Å². The number of thiazole rings is 1. The van der Waals surface area contributed by atoms with E-state index >= 15 is 0 Å². The third-order valence-electron chi connectivity index (χ3n) is 3.52. The summed E-state index contributed by atoms with van der Waals surface area (Å²) in [6.07, 6.45) is 0.407. The summed E-state index contributed by atoms with van der Waals surface area (Å²) < 4.78 is 19.8. The largest absolute Gasteiger partial charge is 1.00 e. The van der Waals surface area contributed by atoms with Crippen molar-refractivity contribution in [2.24, 2.45) is 0 Å². The fraction of sp³-hybridized carbons (Fsp3) is 0.111. The second-order valence-electron chi connectivity index (χ2n) is 5.37. The first-order valence-electron chi connectivity index (χ1n) is 7.43. The second-order valence-corrected chi connectivity index (χ2v) is 7.63. The van der Waals surface area contributed by atoms with Gasteiger partial charge >= 0.3 is 29.6 Å². The van der Waals surface area contributed by atoms with Crippen LogP contribution in [0.1, 0.15) is 26.6 Å². The summed E-state index contributed by atoms with van der Waals surface area (Å²) in [6.45, 7) is 0.176. The van der Waals surface area contributed by atoms with Crippen molar-refractivity contribution in [1.29, 1.82) is 0 Å². The molecule has 27 heavy (non-hydrogen) atoms. The summed E-state index contributed by atoms with van der Waals surface area (Å²) in [5.74, 6) is -1.10. The standard InChI is InChI=1S/C18H12BrClFNO3S.Na/c19-12-2-4-16(25-8-10-1-3-13(21)7-14(10)20)11(5-12)6-17-22-15(9-26-17)18(23)24;/h1-5,7,9H,6,8H2,(H,23,24);/q;+1/p-1. The zero-order valence-electron chi connectivity index (χ0n) is 14.2. The van der Waals surface area contributed by atoms with E-state index in [9.17, 15) is 14.3 Å². The molecule has 134 valence electrons. The number of benzene rings is 2. The summed E-state index contributed by atoms with van der Waals surface area (Å²) in [7, 11) is 0. The van der Waals surface area contributed by atoms with Gasteiger partial charge in [-0.3, -0.25) is 0 Å². The molecule has 0 aliphatic heterocycles. The Morgan fingerprint density at radius 1 is 1.26 bits per heavy atom. The maximum absolute atomic E-state index is 13.1. The molecule has 9 heteroatoms. The molecule has 3 aromatic rings. The predicted octanol–water partition coefficient (Wildman–Crippen LogP) is 1.24. The van der Waals surface area contributed by atoms with Crippen molar-refractivity contribution in [2.45, 2.75) is 13.0 Å². The Morgan fingerprint density at radius 3 is 2.70 bits per heavy atom. The average molecular weight is 479 g/mol. The summed E-state index contributed by atoms with van der Waals surface area (Å²) in [5.41, 5.74) is 1.41. The molecule has 0 aliphatic rings. The SMILES string of the molecule is O=C([O-])c1csc(Cc2cc(Br)ccc2OCc2ccc(F)cc2Cl)n1.[Na+]. The molecule has 0 amide bonds. The van der Waals surface area contributed by atoms with Gasteiger partial charge in [0.25, 0.3) is 0 Å². The predicted molar refractivity (Wildman–Crippen MR) is 99.1 cm³/mol. The fourth-order valence-electron chi connectivity index (χ4n) is 2.27. The van der Waals surface area contributed by atoms with Crippen molar-refractivity contribution in [3.05, 3.63) is 78.9 Å². The van der Waals surface area contributed by atoms with Gasteiger partial charge in [0.05, 0.1) is 21.7 Å². The van der Waals surface area contributed by atoms with E-state index in [0.29, 0.717) is 27.8 Å². The van der Waals surface area contributed by atoms with Crippen molar-refractivity contribution in [3.63, 3.8) is 0 Å². The summed E-state index contributed by atoms with van der Waals surface area (Å²) >= 11 is 10.7. The molecular formula is C18H11BrClFNNaO3S. The van der Waals surface area contributed by atoms with E-state index in [1.165, 1.54) is 28.8 Å². The van der Waals surface area contributed by atoms with Gasteiger partial charge in [-0.05, 0) is 30.3 Å². The van der Waals surface area contributed by atoms with Gasteiger partial charge in [0.1, 0.15) is 18.2 Å². The van der Waals surface area contributed by atoms with E-state index in [4.69, 9.17) is 16.3 Å². The van der Waals surface area contributed by atoms with E-state index in [2.05, 4.69) is 20.9 Å². The van der Waals surface area contributed by atoms with Gasteiger partial charge < -0.3 is 14.6 Å². The molecule has 1 heterocycles. The number of hydrogen-bond acceptors (Lipinski definition) is 5.